The van der Waals surface area contributed by atoms with Crippen LogP contribution in [0.15, 0.2) is 24.3 Å². The molecule has 0 aliphatic rings. The number of benzene rings is 1. The van der Waals surface area contributed by atoms with Crippen LogP contribution in [0.25, 0.3) is 0 Å². The maximum atomic E-state index is 12.2. The summed E-state index contributed by atoms with van der Waals surface area (Å²) in [5.74, 6) is -0.188. The van der Waals surface area contributed by atoms with Gasteiger partial charge in [0.15, 0.2) is 0 Å². The Balaban J connectivity index is 0. The summed E-state index contributed by atoms with van der Waals surface area (Å²) in [6.07, 6.45) is 0.722. The molecule has 0 bridgehead atoms. The molecule has 56 valence electrons. The molecule has 0 aliphatic heterocycles. The van der Waals surface area contributed by atoms with Crippen molar-refractivity contribution in [1.82, 2.24) is 0 Å². The zero-order valence-electron chi connectivity index (χ0n) is 6.19. The molecule has 0 spiro atoms. The van der Waals surface area contributed by atoms with E-state index in [-0.39, 0.29) is 49.3 Å². The Bertz CT molecular complexity index is 186. The fourth-order valence-corrected chi connectivity index (χ4v) is 0.651. The van der Waals surface area contributed by atoms with Crippen LogP contribution in [0.1, 0.15) is 5.56 Å². The molecule has 0 aliphatic carbocycles. The van der Waals surface area contributed by atoms with E-state index in [4.69, 9.17) is 0 Å². The van der Waals surface area contributed by atoms with Crippen molar-refractivity contribution in [2.75, 3.05) is 0 Å². The van der Waals surface area contributed by atoms with Crippen LogP contribution >= 0.6 is 0 Å². The van der Waals surface area contributed by atoms with Crippen molar-refractivity contribution in [2.45, 2.75) is 6.42 Å². The van der Waals surface area contributed by atoms with Crippen LogP contribution in [0.4, 0.5) is 4.39 Å². The molecule has 0 fully saturated rings. The molecule has 1 aromatic rings. The fourth-order valence-electron chi connectivity index (χ4n) is 0.651. The largest absolute Gasteiger partial charge is 2.00 e. The zero-order chi connectivity index (χ0) is 6.69. The first-order valence-corrected chi connectivity index (χ1v) is 2.86. The van der Waals surface area contributed by atoms with Gasteiger partial charge in [0.25, 0.3) is 0 Å². The maximum Gasteiger partial charge on any atom is 2.00 e. The van der Waals surface area contributed by atoms with Crippen LogP contribution in [0, 0.1) is 12.7 Å². The molecule has 0 unspecified atom stereocenters. The van der Waals surface area contributed by atoms with E-state index in [1.54, 1.807) is 12.1 Å². The van der Waals surface area contributed by atoms with Gasteiger partial charge in [0.1, 0.15) is 5.82 Å². The van der Waals surface area contributed by atoms with Gasteiger partial charge in [-0.2, -0.15) is 6.42 Å². The van der Waals surface area contributed by atoms with Crippen molar-refractivity contribution >= 4 is 0 Å². The van der Waals surface area contributed by atoms with E-state index in [1.807, 2.05) is 0 Å². The van der Waals surface area contributed by atoms with Crippen LogP contribution in [0.3, 0.4) is 0 Å². The van der Waals surface area contributed by atoms with Gasteiger partial charge >= 0.3 is 19.5 Å². The summed E-state index contributed by atoms with van der Waals surface area (Å²) < 4.78 is 12.2. The molecular formula is C8H8FIZn. The molecule has 1 aromatic carbocycles. The Morgan fingerprint density at radius 1 is 1.18 bits per heavy atom. The third kappa shape index (κ3) is 4.86. The Labute approximate surface area is 96.4 Å². The molecule has 0 aromatic heterocycles. The third-order valence-corrected chi connectivity index (χ3v) is 1.20. The molecule has 0 saturated carbocycles. The van der Waals surface area contributed by atoms with Gasteiger partial charge < -0.3 is 30.9 Å². The Morgan fingerprint density at radius 3 is 2.00 bits per heavy atom. The minimum atomic E-state index is -0.188. The quantitative estimate of drug-likeness (QED) is 0.362. The Kier molecular flexibility index (Phi) is 9.16. The van der Waals surface area contributed by atoms with Gasteiger partial charge in [0.05, 0.1) is 0 Å². The van der Waals surface area contributed by atoms with Crippen LogP contribution < -0.4 is 24.0 Å². The first-order chi connectivity index (χ1) is 4.33. The molecule has 1 rings (SSSR count). The van der Waals surface area contributed by atoms with Crippen molar-refractivity contribution in [2.24, 2.45) is 0 Å². The average Bonchev–Trinajstić information content (AvgIpc) is 1.90. The number of halogens is 2. The van der Waals surface area contributed by atoms with Gasteiger partial charge in [-0.1, -0.05) is 17.7 Å². The summed E-state index contributed by atoms with van der Waals surface area (Å²) in [5.41, 5.74) is 1.07. The molecule has 0 radical (unpaired) electrons. The van der Waals surface area contributed by atoms with E-state index in [9.17, 15) is 4.39 Å². The molecule has 3 heteroatoms. The first kappa shape index (κ1) is 14.1. The molecule has 11 heavy (non-hydrogen) atoms. The summed E-state index contributed by atoms with van der Waals surface area (Å²) in [6.45, 7) is 3.66. The predicted octanol–water partition coefficient (Wildman–Crippen LogP) is -0.796. The van der Waals surface area contributed by atoms with Gasteiger partial charge in [-0.05, 0) is 12.1 Å². The van der Waals surface area contributed by atoms with Crippen molar-refractivity contribution in [3.63, 3.8) is 0 Å². The summed E-state index contributed by atoms with van der Waals surface area (Å²) >= 11 is 0. The maximum absolute atomic E-state index is 12.2. The Hall–Kier alpha value is 0.503. The van der Waals surface area contributed by atoms with Gasteiger partial charge in [-0.25, -0.2) is 4.39 Å². The third-order valence-electron chi connectivity index (χ3n) is 1.20. The summed E-state index contributed by atoms with van der Waals surface area (Å²) in [7, 11) is 0. The topological polar surface area (TPSA) is 0 Å². The van der Waals surface area contributed by atoms with Crippen LogP contribution in [-0.2, 0) is 25.9 Å². The normalized spacial score (nSPS) is 7.82. The first-order valence-electron chi connectivity index (χ1n) is 2.86. The van der Waals surface area contributed by atoms with E-state index in [0.29, 0.717) is 0 Å². The zero-order valence-corrected chi connectivity index (χ0v) is 11.3. The number of hydrogen-bond acceptors (Lipinski definition) is 0. The van der Waals surface area contributed by atoms with Gasteiger partial charge in [0, 0.05) is 0 Å². The monoisotopic (exact) mass is 314 g/mol. The molecule has 0 heterocycles. The van der Waals surface area contributed by atoms with Gasteiger partial charge in [0.2, 0.25) is 0 Å². The molecule has 0 amide bonds. The van der Waals surface area contributed by atoms with Crippen molar-refractivity contribution in [3.8, 4) is 0 Å². The molecular weight excluding hydrogens is 307 g/mol. The van der Waals surface area contributed by atoms with E-state index < -0.39 is 0 Å². The predicted molar refractivity (Wildman–Crippen MR) is 35.5 cm³/mol. The minimum Gasteiger partial charge on any atom is -1.00 e. The van der Waals surface area contributed by atoms with E-state index in [0.717, 1.165) is 12.0 Å². The fraction of sp³-hybridized carbons (Fsp3) is 0.125. The average molecular weight is 315 g/mol. The number of rotatable bonds is 1. The van der Waals surface area contributed by atoms with Crippen LogP contribution in [-0.4, -0.2) is 0 Å². The van der Waals surface area contributed by atoms with Crippen LogP contribution in [0.2, 0.25) is 0 Å². The second kappa shape index (κ2) is 7.17. The second-order valence-electron chi connectivity index (χ2n) is 1.88. The molecule has 0 atom stereocenters. The van der Waals surface area contributed by atoms with Gasteiger partial charge in [-0.15, -0.1) is 0 Å². The minimum absolute atomic E-state index is 0. The van der Waals surface area contributed by atoms with Crippen molar-refractivity contribution < 1.29 is 47.8 Å². The summed E-state index contributed by atoms with van der Waals surface area (Å²) in [5, 5.41) is 0. The van der Waals surface area contributed by atoms with Crippen molar-refractivity contribution in [3.05, 3.63) is 42.6 Å². The van der Waals surface area contributed by atoms with Gasteiger partial charge in [-0.3, -0.25) is 0 Å². The molecule has 0 N–H and O–H groups in total. The summed E-state index contributed by atoms with van der Waals surface area (Å²) in [4.78, 5) is 0. The van der Waals surface area contributed by atoms with E-state index in [1.165, 1.54) is 12.1 Å². The SMILES string of the molecule is [CH2-]Cc1ccc(F)cc1.[I-].[Zn+2]. The Morgan fingerprint density at radius 2 is 1.64 bits per heavy atom. The smallest absolute Gasteiger partial charge is 1.00 e. The number of hydrogen-bond donors (Lipinski definition) is 0. The second-order valence-corrected chi connectivity index (χ2v) is 1.88. The standard InChI is InChI=1S/C8H8F.HI.Zn/c1-2-7-3-5-8(9)6-4-7;;/h3-6H,1-2H2;1H;/q-1;;+2/p-1. The van der Waals surface area contributed by atoms with E-state index >= 15 is 0 Å². The molecule has 0 saturated heterocycles. The molecule has 0 nitrogen and oxygen atoms in total. The van der Waals surface area contributed by atoms with Crippen molar-refractivity contribution in [1.29, 1.82) is 0 Å². The van der Waals surface area contributed by atoms with E-state index in [2.05, 4.69) is 6.92 Å². The summed E-state index contributed by atoms with van der Waals surface area (Å²) in [6, 6.07) is 6.37. The van der Waals surface area contributed by atoms with Crippen LogP contribution in [0.5, 0.6) is 0 Å².